The molecule has 7 heteroatoms. The van der Waals surface area contributed by atoms with Crippen LogP contribution in [0.3, 0.4) is 0 Å². The number of amides is 1. The number of aryl methyl sites for hydroxylation is 2. The maximum Gasteiger partial charge on any atom is 0.264 e. The van der Waals surface area contributed by atoms with E-state index in [0.717, 1.165) is 17.7 Å². The molecule has 2 aliphatic rings. The molecule has 1 aromatic heterocycles. The second-order valence-electron chi connectivity index (χ2n) is 6.43. The number of rotatable bonds is 2. The standard InChI is InChI=1S/C16H24N2O3S2/c1-23(20,21)18-10-8-17(9-11-18)16(19)15-12-13-6-4-2-3-5-7-14(13)22-15/h12H,2-11H2,1H3. The summed E-state index contributed by atoms with van der Waals surface area (Å²) in [5.74, 6) is 0.0647. The molecule has 1 aliphatic carbocycles. The number of hydrogen-bond donors (Lipinski definition) is 0. The Balaban J connectivity index is 1.68. The zero-order chi connectivity index (χ0) is 16.4. The molecule has 0 spiro atoms. The molecule has 0 N–H and O–H groups in total. The molecule has 0 aromatic carbocycles. The van der Waals surface area contributed by atoms with E-state index >= 15 is 0 Å². The Morgan fingerprint density at radius 3 is 2.35 bits per heavy atom. The number of nitrogens with zero attached hydrogens (tertiary/aromatic N) is 2. The van der Waals surface area contributed by atoms with Crippen LogP contribution in [0.15, 0.2) is 6.07 Å². The molecule has 3 rings (SSSR count). The minimum absolute atomic E-state index is 0.0647. The van der Waals surface area contributed by atoms with Crippen molar-refractivity contribution in [1.29, 1.82) is 0 Å². The second-order valence-corrected chi connectivity index (χ2v) is 9.55. The van der Waals surface area contributed by atoms with Gasteiger partial charge in [-0.3, -0.25) is 4.79 Å². The molecule has 0 bridgehead atoms. The lowest BCUT2D eigenvalue weighted by atomic mass is 10.00. The van der Waals surface area contributed by atoms with E-state index in [1.54, 1.807) is 16.2 Å². The van der Waals surface area contributed by atoms with Gasteiger partial charge in [0.15, 0.2) is 0 Å². The van der Waals surface area contributed by atoms with Crippen LogP contribution < -0.4 is 0 Å². The molecule has 0 saturated carbocycles. The Kier molecular flexibility index (Phi) is 5.08. The highest BCUT2D eigenvalue weighted by atomic mass is 32.2. The Hall–Kier alpha value is -0.920. The summed E-state index contributed by atoms with van der Waals surface area (Å²) in [6.45, 7) is 1.76. The maximum absolute atomic E-state index is 12.7. The van der Waals surface area contributed by atoms with Gasteiger partial charge in [0.25, 0.3) is 5.91 Å². The zero-order valence-electron chi connectivity index (χ0n) is 13.6. The number of fused-ring (bicyclic) bond motifs is 1. The smallest absolute Gasteiger partial charge is 0.264 e. The SMILES string of the molecule is CS(=O)(=O)N1CCN(C(=O)c2cc3c(s2)CCCCCC3)CC1. The van der Waals surface area contributed by atoms with Gasteiger partial charge in [-0.15, -0.1) is 11.3 Å². The van der Waals surface area contributed by atoms with Gasteiger partial charge in [0.05, 0.1) is 11.1 Å². The molecule has 0 unspecified atom stereocenters. The predicted molar refractivity (Wildman–Crippen MR) is 92.5 cm³/mol. The van der Waals surface area contributed by atoms with Crippen molar-refractivity contribution in [3.63, 3.8) is 0 Å². The van der Waals surface area contributed by atoms with Gasteiger partial charge in [-0.05, 0) is 37.3 Å². The molecule has 1 saturated heterocycles. The van der Waals surface area contributed by atoms with Crippen molar-refractivity contribution in [2.24, 2.45) is 0 Å². The molecular formula is C16H24N2O3S2. The Morgan fingerprint density at radius 2 is 1.70 bits per heavy atom. The summed E-state index contributed by atoms with van der Waals surface area (Å²) in [5.41, 5.74) is 1.35. The lowest BCUT2D eigenvalue weighted by Crippen LogP contribution is -2.50. The molecule has 1 amide bonds. The lowest BCUT2D eigenvalue weighted by Gasteiger charge is -2.33. The molecule has 128 valence electrons. The van der Waals surface area contributed by atoms with Gasteiger partial charge in [0.2, 0.25) is 10.0 Å². The van der Waals surface area contributed by atoms with Gasteiger partial charge in [-0.1, -0.05) is 12.8 Å². The number of piperazine rings is 1. The summed E-state index contributed by atoms with van der Waals surface area (Å²) in [7, 11) is -3.15. The summed E-state index contributed by atoms with van der Waals surface area (Å²) in [5, 5.41) is 0. The van der Waals surface area contributed by atoms with Crippen molar-refractivity contribution in [3.8, 4) is 0 Å². The first-order chi connectivity index (χ1) is 10.9. The fraction of sp³-hybridized carbons (Fsp3) is 0.688. The highest BCUT2D eigenvalue weighted by molar-refractivity contribution is 7.88. The van der Waals surface area contributed by atoms with Gasteiger partial charge < -0.3 is 4.90 Å². The number of hydrogen-bond acceptors (Lipinski definition) is 4. The summed E-state index contributed by atoms with van der Waals surface area (Å²) >= 11 is 1.64. The van der Waals surface area contributed by atoms with E-state index < -0.39 is 10.0 Å². The van der Waals surface area contributed by atoms with Crippen molar-refractivity contribution in [1.82, 2.24) is 9.21 Å². The molecule has 2 heterocycles. The third kappa shape index (κ3) is 3.95. The highest BCUT2D eigenvalue weighted by Gasteiger charge is 2.27. The van der Waals surface area contributed by atoms with Crippen LogP contribution in [-0.4, -0.2) is 56.0 Å². The quantitative estimate of drug-likeness (QED) is 0.816. The van der Waals surface area contributed by atoms with E-state index in [-0.39, 0.29) is 5.91 Å². The minimum atomic E-state index is -3.15. The monoisotopic (exact) mass is 356 g/mol. The summed E-state index contributed by atoms with van der Waals surface area (Å²) in [6, 6.07) is 2.08. The molecule has 0 radical (unpaired) electrons. The molecular weight excluding hydrogens is 332 g/mol. The Labute approximate surface area is 142 Å². The normalized spacial score (nSPS) is 20.7. The molecule has 1 aliphatic heterocycles. The van der Waals surface area contributed by atoms with Gasteiger partial charge in [0.1, 0.15) is 0 Å². The third-order valence-electron chi connectivity index (χ3n) is 4.70. The Morgan fingerprint density at radius 1 is 1.04 bits per heavy atom. The van der Waals surface area contributed by atoms with Crippen molar-refractivity contribution < 1.29 is 13.2 Å². The van der Waals surface area contributed by atoms with E-state index in [4.69, 9.17) is 0 Å². The summed E-state index contributed by atoms with van der Waals surface area (Å²) in [4.78, 5) is 16.7. The number of thiophene rings is 1. The molecule has 0 atom stereocenters. The van der Waals surface area contributed by atoms with E-state index in [9.17, 15) is 13.2 Å². The lowest BCUT2D eigenvalue weighted by molar-refractivity contribution is 0.0703. The van der Waals surface area contributed by atoms with Crippen molar-refractivity contribution in [3.05, 3.63) is 21.4 Å². The fourth-order valence-electron chi connectivity index (χ4n) is 3.33. The molecule has 23 heavy (non-hydrogen) atoms. The van der Waals surface area contributed by atoms with E-state index in [0.29, 0.717) is 26.2 Å². The summed E-state index contributed by atoms with van der Waals surface area (Å²) < 4.78 is 24.6. The molecule has 5 nitrogen and oxygen atoms in total. The topological polar surface area (TPSA) is 57.7 Å². The number of carbonyl (C=O) groups excluding carboxylic acids is 1. The average molecular weight is 357 g/mol. The van der Waals surface area contributed by atoms with Gasteiger partial charge >= 0.3 is 0 Å². The first-order valence-electron chi connectivity index (χ1n) is 8.31. The predicted octanol–water partition coefficient (Wildman–Crippen LogP) is 2.12. The van der Waals surface area contributed by atoms with E-state index in [1.807, 2.05) is 0 Å². The van der Waals surface area contributed by atoms with Crippen molar-refractivity contribution in [2.45, 2.75) is 38.5 Å². The summed E-state index contributed by atoms with van der Waals surface area (Å²) in [6.07, 6.45) is 8.40. The Bertz CT molecular complexity index is 648. The highest BCUT2D eigenvalue weighted by Crippen LogP contribution is 2.29. The average Bonchev–Trinajstić information content (AvgIpc) is 2.88. The third-order valence-corrected chi connectivity index (χ3v) is 7.23. The maximum atomic E-state index is 12.7. The van der Waals surface area contributed by atoms with Gasteiger partial charge in [-0.25, -0.2) is 8.42 Å². The largest absolute Gasteiger partial charge is 0.335 e. The van der Waals surface area contributed by atoms with Gasteiger partial charge in [0, 0.05) is 31.1 Å². The zero-order valence-corrected chi connectivity index (χ0v) is 15.2. The van der Waals surface area contributed by atoms with Crippen LogP contribution in [-0.2, 0) is 22.9 Å². The van der Waals surface area contributed by atoms with Crippen LogP contribution in [0.4, 0.5) is 0 Å². The van der Waals surface area contributed by atoms with E-state index in [2.05, 4.69) is 6.07 Å². The first kappa shape index (κ1) is 16.9. The van der Waals surface area contributed by atoms with Crippen LogP contribution in [0.1, 0.15) is 45.8 Å². The number of sulfonamides is 1. The van der Waals surface area contributed by atoms with Crippen LogP contribution in [0.5, 0.6) is 0 Å². The van der Waals surface area contributed by atoms with Crippen LogP contribution >= 0.6 is 11.3 Å². The number of carbonyl (C=O) groups is 1. The minimum Gasteiger partial charge on any atom is -0.335 e. The van der Waals surface area contributed by atoms with Crippen LogP contribution in [0.25, 0.3) is 0 Å². The second kappa shape index (κ2) is 6.91. The molecule has 1 aromatic rings. The first-order valence-corrected chi connectivity index (χ1v) is 11.0. The van der Waals surface area contributed by atoms with Crippen molar-refractivity contribution in [2.75, 3.05) is 32.4 Å². The van der Waals surface area contributed by atoms with E-state index in [1.165, 1.54) is 46.7 Å². The molecule has 1 fully saturated rings. The fourth-order valence-corrected chi connectivity index (χ4v) is 5.38. The van der Waals surface area contributed by atoms with Crippen LogP contribution in [0, 0.1) is 0 Å². The van der Waals surface area contributed by atoms with Crippen molar-refractivity contribution >= 4 is 27.3 Å². The van der Waals surface area contributed by atoms with Gasteiger partial charge in [-0.2, -0.15) is 4.31 Å². The van der Waals surface area contributed by atoms with Crippen LogP contribution in [0.2, 0.25) is 0 Å².